The van der Waals surface area contributed by atoms with Gasteiger partial charge in [-0.3, -0.25) is 4.79 Å². The summed E-state index contributed by atoms with van der Waals surface area (Å²) in [5.74, 6) is -0.467. The minimum Gasteiger partial charge on any atom is -0.481 e. The van der Waals surface area contributed by atoms with Crippen molar-refractivity contribution in [3.8, 4) is 11.5 Å². The largest absolute Gasteiger partial charge is 0.481 e. The Kier molecular flexibility index (Phi) is 20.9. The van der Waals surface area contributed by atoms with Gasteiger partial charge in [-0.15, -0.1) is 0 Å². The summed E-state index contributed by atoms with van der Waals surface area (Å²) in [6.07, 6.45) is 0.548. The van der Waals surface area contributed by atoms with Crippen LogP contribution in [0.3, 0.4) is 0 Å². The van der Waals surface area contributed by atoms with Crippen LogP contribution in [-0.2, 0) is 67.2 Å². The monoisotopic (exact) mass is 1120 g/mol. The SMILES string of the molecule is CC(C)(N=C=O)c1cccc(C(C)(C)NC(=O)OCCOCCOC(=O)NC(C)(C)c2cccc(C(C)(C)NC(=O)Oc3ccc(C(C)(CCC(=O)O)c4ccc(OC(=O)NC(C)(C)c5cccc(C(C)(C)N=C=O)c5)cc4)cc3)c2)c1. The van der Waals surface area contributed by atoms with Crippen molar-refractivity contribution in [3.63, 3.8) is 0 Å². The third-order valence-corrected chi connectivity index (χ3v) is 14.4. The molecule has 0 aliphatic rings. The molecule has 5 N–H and O–H groups in total. The van der Waals surface area contributed by atoms with E-state index in [1.165, 1.54) is 0 Å². The molecule has 0 aliphatic heterocycles. The highest BCUT2D eigenvalue weighted by Crippen LogP contribution is 2.39. The van der Waals surface area contributed by atoms with Crippen LogP contribution in [0.5, 0.6) is 11.5 Å². The Morgan fingerprint density at radius 3 is 1.05 bits per heavy atom. The van der Waals surface area contributed by atoms with Crippen molar-refractivity contribution in [2.75, 3.05) is 26.4 Å². The maximum absolute atomic E-state index is 13.4. The van der Waals surface area contributed by atoms with Gasteiger partial charge in [0.2, 0.25) is 12.2 Å². The van der Waals surface area contributed by atoms with Crippen molar-refractivity contribution < 1.29 is 62.4 Å². The Morgan fingerprint density at radius 2 is 0.732 bits per heavy atom. The zero-order chi connectivity index (χ0) is 60.7. The molecule has 0 fully saturated rings. The first kappa shape index (κ1) is 64.2. The number of isocyanates is 2. The van der Waals surface area contributed by atoms with Crippen LogP contribution in [0.1, 0.15) is 147 Å². The summed E-state index contributed by atoms with van der Waals surface area (Å²) in [4.78, 5) is 93.8. The molecule has 0 aliphatic carbocycles. The lowest BCUT2D eigenvalue weighted by Gasteiger charge is -2.31. The quantitative estimate of drug-likeness (QED) is 0.0207. The number of rotatable bonds is 25. The maximum atomic E-state index is 13.4. The molecule has 5 aromatic rings. The van der Waals surface area contributed by atoms with E-state index in [1.54, 1.807) is 88.4 Å². The smallest absolute Gasteiger partial charge is 0.413 e. The number of carbonyl (C=O) groups is 5. The maximum Gasteiger partial charge on any atom is 0.413 e. The number of hydrogen-bond donors (Lipinski definition) is 5. The van der Waals surface area contributed by atoms with Crippen LogP contribution in [0.2, 0.25) is 0 Å². The predicted molar refractivity (Wildman–Crippen MR) is 308 cm³/mol. The number of alkyl carbamates (subject to hydrolysis) is 2. The number of aliphatic carboxylic acids is 1. The van der Waals surface area contributed by atoms with Gasteiger partial charge in [-0.05, 0) is 158 Å². The molecule has 1 atom stereocenters. The summed E-state index contributed by atoms with van der Waals surface area (Å²) in [6.45, 7) is 23.6. The van der Waals surface area contributed by atoms with Crippen molar-refractivity contribution in [2.45, 2.75) is 141 Å². The summed E-state index contributed by atoms with van der Waals surface area (Å²) in [5.41, 5.74) is 0.119. The molecule has 0 saturated heterocycles. The number of carboxylic acid groups (broad SMARTS) is 1. The normalized spacial score (nSPS) is 12.7. The fourth-order valence-electron chi connectivity index (χ4n) is 8.96. The van der Waals surface area contributed by atoms with E-state index < -0.39 is 69.0 Å². The molecule has 5 aromatic carbocycles. The van der Waals surface area contributed by atoms with E-state index in [0.29, 0.717) is 0 Å². The molecule has 0 heterocycles. The lowest BCUT2D eigenvalue weighted by molar-refractivity contribution is -0.137. The van der Waals surface area contributed by atoms with Crippen LogP contribution in [-0.4, -0.2) is 74.0 Å². The highest BCUT2D eigenvalue weighted by molar-refractivity contribution is 5.73. The minimum atomic E-state index is -0.971. The number of benzene rings is 5. The zero-order valence-electron chi connectivity index (χ0n) is 49.0. The van der Waals surface area contributed by atoms with E-state index in [4.69, 9.17) is 23.7 Å². The first-order chi connectivity index (χ1) is 38.3. The molecule has 0 radical (unpaired) electrons. The number of amides is 4. The zero-order valence-corrected chi connectivity index (χ0v) is 49.0. The Morgan fingerprint density at radius 1 is 0.427 bits per heavy atom. The number of aliphatic imine (C=N–C) groups is 2. The van der Waals surface area contributed by atoms with E-state index in [0.717, 1.165) is 44.5 Å². The Balaban J connectivity index is 1.10. The van der Waals surface area contributed by atoms with Crippen LogP contribution in [0.4, 0.5) is 19.2 Å². The molecule has 0 bridgehead atoms. The van der Waals surface area contributed by atoms with Gasteiger partial charge in [-0.1, -0.05) is 104 Å². The molecule has 0 aromatic heterocycles. The molecule has 5 rings (SSSR count). The summed E-state index contributed by atoms with van der Waals surface area (Å²) < 4.78 is 27.6. The highest BCUT2D eigenvalue weighted by Gasteiger charge is 2.33. The van der Waals surface area contributed by atoms with Gasteiger partial charge >= 0.3 is 30.3 Å². The van der Waals surface area contributed by atoms with Crippen LogP contribution in [0, 0.1) is 0 Å². The summed E-state index contributed by atoms with van der Waals surface area (Å²) in [6, 6.07) is 35.8. The van der Waals surface area contributed by atoms with Gasteiger partial charge in [0.15, 0.2) is 0 Å². The summed E-state index contributed by atoms with van der Waals surface area (Å²) in [5, 5.41) is 21.3. The van der Waals surface area contributed by atoms with Crippen molar-refractivity contribution in [3.05, 3.63) is 166 Å². The molecule has 0 spiro atoms. The van der Waals surface area contributed by atoms with Crippen LogP contribution in [0.25, 0.3) is 0 Å². The molecule has 4 amide bonds. The van der Waals surface area contributed by atoms with E-state index in [2.05, 4.69) is 31.3 Å². The fourth-order valence-corrected chi connectivity index (χ4v) is 8.96. The predicted octanol–water partition coefficient (Wildman–Crippen LogP) is 11.7. The Labute approximate surface area is 479 Å². The van der Waals surface area contributed by atoms with Crippen molar-refractivity contribution >= 4 is 42.5 Å². The van der Waals surface area contributed by atoms with Gasteiger partial charge in [-0.2, -0.15) is 9.98 Å². The average Bonchev–Trinajstić information content (AvgIpc) is 3.39. The van der Waals surface area contributed by atoms with Gasteiger partial charge < -0.3 is 50.1 Å². The molecule has 19 nitrogen and oxygen atoms in total. The average molecular weight is 1130 g/mol. The molecule has 0 saturated carbocycles. The van der Waals surface area contributed by atoms with Crippen LogP contribution < -0.4 is 30.7 Å². The second kappa shape index (κ2) is 26.8. The molecule has 82 heavy (non-hydrogen) atoms. The molecular weight excluding hydrogens is 1050 g/mol. The first-order valence-electron chi connectivity index (χ1n) is 26.7. The Bertz CT molecular complexity index is 3170. The number of carboxylic acids is 1. The summed E-state index contributed by atoms with van der Waals surface area (Å²) in [7, 11) is 0. The summed E-state index contributed by atoms with van der Waals surface area (Å²) >= 11 is 0. The van der Waals surface area contributed by atoms with E-state index >= 15 is 0 Å². The van der Waals surface area contributed by atoms with E-state index in [-0.39, 0.29) is 50.8 Å². The van der Waals surface area contributed by atoms with Crippen molar-refractivity contribution in [1.82, 2.24) is 21.3 Å². The lowest BCUT2D eigenvalue weighted by atomic mass is 9.73. The fraction of sp³-hybridized carbons (Fsp3) is 0.413. The van der Waals surface area contributed by atoms with E-state index in [1.807, 2.05) is 135 Å². The molecule has 1 unspecified atom stereocenters. The Hall–Kier alpha value is -8.63. The standard InChI is InChI=1S/C63H76N6O13/c1-57(2,64-40-70)44-17-14-19-46(37-44)59(5,6)66-53(74)79-35-33-78-34-36-80-54(75)67-60(7,8)48-21-16-22-49(39-48)62(11,12)69-56(77)82-51-29-25-43(26-30-51)63(13,32-31-52(72)73)42-23-27-50(28-24-42)81-55(76)68-61(9,10)47-20-15-18-45(38-47)58(3,4)65-41-71/h14-30,37-39H,31-36H2,1-13H3,(H,66,74)(H,67,75)(H,68,76)(H,69,77)(H,72,73). The first-order valence-corrected chi connectivity index (χ1v) is 26.7. The van der Waals surface area contributed by atoms with E-state index in [9.17, 15) is 38.7 Å². The second-order valence-corrected chi connectivity index (χ2v) is 23.2. The molecular formula is C63H76N6O13. The minimum absolute atomic E-state index is 0.0479. The number of hydrogen-bond acceptors (Lipinski definition) is 14. The van der Waals surface area contributed by atoms with Gasteiger partial charge in [0, 0.05) is 11.8 Å². The third kappa shape index (κ3) is 17.7. The van der Waals surface area contributed by atoms with Crippen LogP contribution in [0.15, 0.2) is 131 Å². The molecule has 436 valence electrons. The number of nitrogens with zero attached hydrogens (tertiary/aromatic N) is 2. The molecule has 19 heteroatoms. The number of carbonyl (C=O) groups excluding carboxylic acids is 6. The van der Waals surface area contributed by atoms with Crippen molar-refractivity contribution in [1.29, 1.82) is 0 Å². The van der Waals surface area contributed by atoms with Gasteiger partial charge in [0.1, 0.15) is 24.7 Å². The highest BCUT2D eigenvalue weighted by atomic mass is 16.6. The van der Waals surface area contributed by atoms with Crippen LogP contribution >= 0.6 is 0 Å². The van der Waals surface area contributed by atoms with Gasteiger partial charge in [-0.25, -0.2) is 28.8 Å². The topological polar surface area (TPSA) is 259 Å². The third-order valence-electron chi connectivity index (χ3n) is 14.4. The lowest BCUT2D eigenvalue weighted by Crippen LogP contribution is -2.44. The van der Waals surface area contributed by atoms with Crippen molar-refractivity contribution in [2.24, 2.45) is 9.98 Å². The van der Waals surface area contributed by atoms with Gasteiger partial charge in [0.25, 0.3) is 0 Å². The number of ether oxygens (including phenoxy) is 5. The second-order valence-electron chi connectivity index (χ2n) is 23.2. The number of nitrogens with one attached hydrogen (secondary N) is 4. The van der Waals surface area contributed by atoms with Gasteiger partial charge in [0.05, 0.1) is 46.4 Å².